The summed E-state index contributed by atoms with van der Waals surface area (Å²) in [4.78, 5) is 11.1. The van der Waals surface area contributed by atoms with Gasteiger partial charge in [0, 0.05) is 0 Å². The average molecular weight is 310 g/mol. The van der Waals surface area contributed by atoms with E-state index in [1.807, 2.05) is 0 Å². The summed E-state index contributed by atoms with van der Waals surface area (Å²) in [7, 11) is 0. The third-order valence-electron chi connectivity index (χ3n) is 5.55. The van der Waals surface area contributed by atoms with Crippen LogP contribution in [0.4, 0.5) is 0 Å². The van der Waals surface area contributed by atoms with Gasteiger partial charge in [0.15, 0.2) is 5.60 Å². The first kappa shape index (κ1) is 17.8. The van der Waals surface area contributed by atoms with Crippen molar-refractivity contribution in [2.24, 2.45) is 5.92 Å². The van der Waals surface area contributed by atoms with E-state index in [1.165, 1.54) is 83.5 Å². The van der Waals surface area contributed by atoms with E-state index in [0.29, 0.717) is 13.0 Å². The fourth-order valence-electron chi connectivity index (χ4n) is 3.84. The predicted molar refractivity (Wildman–Crippen MR) is 89.1 cm³/mol. The highest BCUT2D eigenvalue weighted by Gasteiger charge is 2.51. The Morgan fingerprint density at radius 2 is 1.41 bits per heavy atom. The van der Waals surface area contributed by atoms with Crippen molar-refractivity contribution in [2.75, 3.05) is 6.61 Å². The molecular formula is C19H34O3. The second kappa shape index (κ2) is 9.54. The van der Waals surface area contributed by atoms with Crippen molar-refractivity contribution in [3.63, 3.8) is 0 Å². The van der Waals surface area contributed by atoms with E-state index in [9.17, 15) is 4.79 Å². The molecule has 1 unspecified atom stereocenters. The number of epoxide rings is 1. The number of carbonyl (C=O) groups is 1. The Bertz CT molecular complexity index is 311. The first-order valence-corrected chi connectivity index (χ1v) is 9.60. The maximum absolute atomic E-state index is 11.1. The molecule has 0 spiro atoms. The quantitative estimate of drug-likeness (QED) is 0.533. The van der Waals surface area contributed by atoms with E-state index in [1.54, 1.807) is 0 Å². The Balaban J connectivity index is 1.61. The molecule has 2 rings (SSSR count). The van der Waals surface area contributed by atoms with Crippen LogP contribution in [0.3, 0.4) is 0 Å². The Hall–Kier alpha value is -0.570. The molecule has 1 heterocycles. The van der Waals surface area contributed by atoms with Crippen LogP contribution >= 0.6 is 0 Å². The van der Waals surface area contributed by atoms with Crippen LogP contribution in [-0.2, 0) is 9.53 Å². The summed E-state index contributed by atoms with van der Waals surface area (Å²) >= 11 is 0. The lowest BCUT2D eigenvalue weighted by atomic mass is 9.88. The van der Waals surface area contributed by atoms with Gasteiger partial charge in [0.05, 0.1) is 6.61 Å². The molecule has 0 aromatic rings. The minimum Gasteiger partial charge on any atom is -0.479 e. The molecule has 3 heteroatoms. The van der Waals surface area contributed by atoms with E-state index in [0.717, 1.165) is 12.3 Å². The molecule has 0 radical (unpaired) electrons. The van der Waals surface area contributed by atoms with Crippen LogP contribution in [0.25, 0.3) is 0 Å². The number of carboxylic acid groups (broad SMARTS) is 1. The van der Waals surface area contributed by atoms with Crippen LogP contribution in [0.1, 0.15) is 96.3 Å². The maximum Gasteiger partial charge on any atom is 0.338 e. The maximum atomic E-state index is 11.1. The lowest BCUT2D eigenvalue weighted by Gasteiger charge is -2.18. The van der Waals surface area contributed by atoms with Gasteiger partial charge in [0.1, 0.15) is 0 Å². The monoisotopic (exact) mass is 310 g/mol. The van der Waals surface area contributed by atoms with E-state index < -0.39 is 11.6 Å². The number of rotatable bonds is 6. The summed E-state index contributed by atoms with van der Waals surface area (Å²) in [5.41, 5.74) is -0.799. The summed E-state index contributed by atoms with van der Waals surface area (Å²) < 4.78 is 5.14. The molecule has 3 nitrogen and oxygen atoms in total. The predicted octanol–water partition coefficient (Wildman–Crippen LogP) is 5.32. The molecule has 0 amide bonds. The molecule has 0 aromatic heterocycles. The Kier molecular flexibility index (Phi) is 7.71. The summed E-state index contributed by atoms with van der Waals surface area (Å²) in [6.45, 7) is 0.422. The SMILES string of the molecule is O=C(O)C1(CCCCC2CCCCCCCCCCC2)CO1. The summed E-state index contributed by atoms with van der Waals surface area (Å²) in [6, 6.07) is 0. The molecule has 1 aliphatic heterocycles. The van der Waals surface area contributed by atoms with Crippen molar-refractivity contribution < 1.29 is 14.6 Å². The van der Waals surface area contributed by atoms with Crippen LogP contribution in [0.2, 0.25) is 0 Å². The number of carboxylic acids is 1. The van der Waals surface area contributed by atoms with Gasteiger partial charge >= 0.3 is 5.97 Å². The highest BCUT2D eigenvalue weighted by molar-refractivity contribution is 5.80. The Morgan fingerprint density at radius 3 is 1.86 bits per heavy atom. The van der Waals surface area contributed by atoms with Crippen molar-refractivity contribution in [2.45, 2.75) is 102 Å². The van der Waals surface area contributed by atoms with Gasteiger partial charge in [-0.3, -0.25) is 0 Å². The second-order valence-electron chi connectivity index (χ2n) is 7.46. The molecule has 1 atom stereocenters. The van der Waals surface area contributed by atoms with Crippen molar-refractivity contribution in [3.8, 4) is 0 Å². The van der Waals surface area contributed by atoms with Crippen LogP contribution in [0.5, 0.6) is 0 Å². The third-order valence-corrected chi connectivity index (χ3v) is 5.55. The van der Waals surface area contributed by atoms with Gasteiger partial charge in [-0.25, -0.2) is 4.79 Å². The standard InChI is InChI=1S/C19H34O3/c20-18(21)19(16-22-19)15-11-10-14-17-12-8-6-4-2-1-3-5-7-9-13-17/h17H,1-16H2,(H,20,21). The molecule has 2 aliphatic rings. The topological polar surface area (TPSA) is 49.8 Å². The molecule has 128 valence electrons. The first-order valence-electron chi connectivity index (χ1n) is 9.60. The number of hydrogen-bond acceptors (Lipinski definition) is 2. The van der Waals surface area contributed by atoms with Crippen LogP contribution < -0.4 is 0 Å². The second-order valence-corrected chi connectivity index (χ2v) is 7.46. The Labute approximate surface area is 135 Å². The van der Waals surface area contributed by atoms with E-state index >= 15 is 0 Å². The van der Waals surface area contributed by atoms with Crippen LogP contribution in [-0.4, -0.2) is 23.3 Å². The van der Waals surface area contributed by atoms with Gasteiger partial charge in [-0.1, -0.05) is 83.5 Å². The molecule has 1 saturated carbocycles. The zero-order chi connectivity index (χ0) is 15.7. The fraction of sp³-hybridized carbons (Fsp3) is 0.947. The average Bonchev–Trinajstić information content (AvgIpc) is 3.27. The fourth-order valence-corrected chi connectivity index (χ4v) is 3.84. The normalized spacial score (nSPS) is 28.5. The van der Waals surface area contributed by atoms with E-state index in [2.05, 4.69) is 0 Å². The molecule has 1 N–H and O–H groups in total. The van der Waals surface area contributed by atoms with Crippen molar-refractivity contribution in [3.05, 3.63) is 0 Å². The van der Waals surface area contributed by atoms with Gasteiger partial charge < -0.3 is 9.84 Å². The molecule has 22 heavy (non-hydrogen) atoms. The summed E-state index contributed by atoms with van der Waals surface area (Å²) in [6.07, 6.45) is 19.7. The molecule has 0 aromatic carbocycles. The summed E-state index contributed by atoms with van der Waals surface area (Å²) in [5.74, 6) is 0.110. The molecule has 1 aliphatic carbocycles. The molecule has 1 saturated heterocycles. The number of unbranched alkanes of at least 4 members (excludes halogenated alkanes) is 1. The molecular weight excluding hydrogens is 276 g/mol. The third kappa shape index (κ3) is 6.28. The van der Waals surface area contributed by atoms with Gasteiger partial charge in [-0.05, 0) is 18.8 Å². The first-order chi connectivity index (χ1) is 10.7. The van der Waals surface area contributed by atoms with Crippen molar-refractivity contribution >= 4 is 5.97 Å². The molecule has 2 fully saturated rings. The summed E-state index contributed by atoms with van der Waals surface area (Å²) in [5, 5.41) is 9.10. The number of hydrogen-bond donors (Lipinski definition) is 1. The van der Waals surface area contributed by atoms with Crippen molar-refractivity contribution in [1.29, 1.82) is 0 Å². The lowest BCUT2D eigenvalue weighted by molar-refractivity contribution is -0.143. The smallest absolute Gasteiger partial charge is 0.338 e. The Morgan fingerprint density at radius 1 is 0.909 bits per heavy atom. The van der Waals surface area contributed by atoms with Gasteiger partial charge in [-0.15, -0.1) is 0 Å². The zero-order valence-corrected chi connectivity index (χ0v) is 14.2. The highest BCUT2D eigenvalue weighted by atomic mass is 16.6. The highest BCUT2D eigenvalue weighted by Crippen LogP contribution is 2.34. The van der Waals surface area contributed by atoms with Gasteiger partial charge in [0.25, 0.3) is 0 Å². The molecule has 0 bridgehead atoms. The zero-order valence-electron chi connectivity index (χ0n) is 14.2. The number of aliphatic carboxylic acids is 1. The largest absolute Gasteiger partial charge is 0.479 e. The van der Waals surface area contributed by atoms with Crippen molar-refractivity contribution in [1.82, 2.24) is 0 Å². The van der Waals surface area contributed by atoms with Crippen LogP contribution in [0, 0.1) is 5.92 Å². The van der Waals surface area contributed by atoms with Crippen LogP contribution in [0.15, 0.2) is 0 Å². The number of ether oxygens (including phenoxy) is 1. The minimum absolute atomic E-state index is 0.422. The van der Waals surface area contributed by atoms with Gasteiger partial charge in [-0.2, -0.15) is 0 Å². The lowest BCUT2D eigenvalue weighted by Crippen LogP contribution is -2.23. The van der Waals surface area contributed by atoms with Gasteiger partial charge in [0.2, 0.25) is 0 Å². The van der Waals surface area contributed by atoms with E-state index in [-0.39, 0.29) is 0 Å². The minimum atomic E-state index is -0.799. The van der Waals surface area contributed by atoms with E-state index in [4.69, 9.17) is 9.84 Å².